The molecule has 0 radical (unpaired) electrons. The van der Waals surface area contributed by atoms with Crippen LogP contribution in [0.1, 0.15) is 25.8 Å². The van der Waals surface area contributed by atoms with Crippen LogP contribution in [0.5, 0.6) is 0 Å². The fourth-order valence-electron chi connectivity index (χ4n) is 1.82. The van der Waals surface area contributed by atoms with Crippen LogP contribution in [0, 0.1) is 0 Å². The Morgan fingerprint density at radius 1 is 1.56 bits per heavy atom. The summed E-state index contributed by atoms with van der Waals surface area (Å²) in [5, 5.41) is 0. The highest BCUT2D eigenvalue weighted by Gasteiger charge is 2.10. The molecule has 18 heavy (non-hydrogen) atoms. The van der Waals surface area contributed by atoms with E-state index in [-0.39, 0.29) is 11.6 Å². The topological polar surface area (TPSA) is 68.3 Å². The van der Waals surface area contributed by atoms with E-state index in [4.69, 9.17) is 5.73 Å². The van der Waals surface area contributed by atoms with Gasteiger partial charge >= 0.3 is 0 Å². The number of hydrogen-bond acceptors (Lipinski definition) is 3. The maximum Gasteiger partial charge on any atom is 0.252 e. The Morgan fingerprint density at radius 2 is 2.22 bits per heavy atom. The first-order chi connectivity index (χ1) is 8.49. The van der Waals surface area contributed by atoms with Gasteiger partial charge < -0.3 is 15.2 Å². The summed E-state index contributed by atoms with van der Waals surface area (Å²) in [7, 11) is 1.65. The van der Waals surface area contributed by atoms with Crippen molar-refractivity contribution in [2.45, 2.75) is 39.3 Å². The predicted octanol–water partition coefficient (Wildman–Crippen LogP) is 0.741. The summed E-state index contributed by atoms with van der Waals surface area (Å²) in [6, 6.07) is 1.61. The lowest BCUT2D eigenvalue weighted by Gasteiger charge is -2.18. The monoisotopic (exact) mass is 251 g/mol. The van der Waals surface area contributed by atoms with Gasteiger partial charge in [-0.2, -0.15) is 0 Å². The normalized spacial score (nSPS) is 12.2. The van der Waals surface area contributed by atoms with Gasteiger partial charge in [0.15, 0.2) is 0 Å². The number of nitrogens with zero attached hydrogens (tertiary/aromatic N) is 2. The first-order valence-corrected chi connectivity index (χ1v) is 6.16. The maximum absolute atomic E-state index is 11.8. The lowest BCUT2D eigenvalue weighted by molar-refractivity contribution is -0.107. The first-order valence-electron chi connectivity index (χ1n) is 6.16. The second kappa shape index (κ2) is 6.35. The Kier molecular flexibility index (Phi) is 5.09. The largest absolute Gasteiger partial charge is 0.328 e. The summed E-state index contributed by atoms with van der Waals surface area (Å²) in [5.41, 5.74) is 7.30. The molecule has 1 heterocycles. The Morgan fingerprint density at radius 3 is 2.72 bits per heavy atom. The zero-order chi connectivity index (χ0) is 13.7. The molecule has 2 N–H and O–H groups in total. The number of pyridine rings is 1. The van der Waals surface area contributed by atoms with Gasteiger partial charge in [0.25, 0.3) is 5.56 Å². The average Bonchev–Trinajstić information content (AvgIpc) is 2.35. The standard InChI is InChI=1S/C13H21N3O2/c1-4-16-8-11(6-5-10(2)14)12(7-13(16)18)15(3)9-17/h7-10H,4-6,14H2,1-3H3. The molecular formula is C13H21N3O2. The molecular weight excluding hydrogens is 230 g/mol. The Balaban J connectivity index is 3.17. The molecule has 0 aliphatic heterocycles. The number of carbonyl (C=O) groups excluding carboxylic acids is 1. The fraction of sp³-hybridized carbons (Fsp3) is 0.538. The summed E-state index contributed by atoms with van der Waals surface area (Å²) >= 11 is 0. The zero-order valence-corrected chi connectivity index (χ0v) is 11.2. The lowest BCUT2D eigenvalue weighted by atomic mass is 10.1. The molecule has 5 heteroatoms. The zero-order valence-electron chi connectivity index (χ0n) is 11.2. The minimum atomic E-state index is -0.0919. The molecule has 0 saturated carbocycles. The molecule has 0 aliphatic carbocycles. The van der Waals surface area contributed by atoms with Crippen molar-refractivity contribution in [3.8, 4) is 0 Å². The highest BCUT2D eigenvalue weighted by molar-refractivity contribution is 5.75. The van der Waals surface area contributed by atoms with Gasteiger partial charge in [-0.25, -0.2) is 0 Å². The Hall–Kier alpha value is -1.62. The van der Waals surface area contributed by atoms with E-state index >= 15 is 0 Å². The van der Waals surface area contributed by atoms with Crippen molar-refractivity contribution in [3.63, 3.8) is 0 Å². The van der Waals surface area contributed by atoms with Gasteiger partial charge in [-0.1, -0.05) is 0 Å². The van der Waals surface area contributed by atoms with Gasteiger partial charge in [-0.05, 0) is 32.3 Å². The minimum Gasteiger partial charge on any atom is -0.328 e. The van der Waals surface area contributed by atoms with Crippen LogP contribution >= 0.6 is 0 Å². The van der Waals surface area contributed by atoms with E-state index in [1.165, 1.54) is 11.0 Å². The van der Waals surface area contributed by atoms with Crippen molar-refractivity contribution >= 4 is 12.1 Å². The quantitative estimate of drug-likeness (QED) is 0.758. The Labute approximate surface area is 107 Å². The number of aryl methyl sites for hydroxylation is 2. The number of hydrogen-bond donors (Lipinski definition) is 1. The fourth-order valence-corrected chi connectivity index (χ4v) is 1.82. The van der Waals surface area contributed by atoms with Crippen LogP contribution in [-0.2, 0) is 17.8 Å². The third-order valence-electron chi connectivity index (χ3n) is 2.93. The number of amides is 1. The van der Waals surface area contributed by atoms with Crippen molar-refractivity contribution in [1.82, 2.24) is 4.57 Å². The second-order valence-electron chi connectivity index (χ2n) is 4.54. The molecule has 1 rings (SSSR count). The van der Waals surface area contributed by atoms with E-state index in [1.54, 1.807) is 11.6 Å². The van der Waals surface area contributed by atoms with E-state index in [2.05, 4.69) is 0 Å². The summed E-state index contributed by atoms with van der Waals surface area (Å²) < 4.78 is 1.64. The minimum absolute atomic E-state index is 0.0919. The van der Waals surface area contributed by atoms with E-state index in [0.717, 1.165) is 18.4 Å². The molecule has 0 aliphatic rings. The molecule has 5 nitrogen and oxygen atoms in total. The van der Waals surface area contributed by atoms with Crippen LogP contribution < -0.4 is 16.2 Å². The van der Waals surface area contributed by atoms with E-state index in [0.29, 0.717) is 18.6 Å². The summed E-state index contributed by atoms with van der Waals surface area (Å²) in [5.74, 6) is 0. The van der Waals surface area contributed by atoms with Gasteiger partial charge in [0.2, 0.25) is 6.41 Å². The van der Waals surface area contributed by atoms with E-state index in [1.807, 2.05) is 20.0 Å². The third-order valence-corrected chi connectivity index (χ3v) is 2.93. The molecule has 0 aromatic carbocycles. The van der Waals surface area contributed by atoms with Crippen LogP contribution in [0.15, 0.2) is 17.1 Å². The molecule has 0 saturated heterocycles. The van der Waals surface area contributed by atoms with Gasteiger partial charge in [-0.3, -0.25) is 9.59 Å². The van der Waals surface area contributed by atoms with Crippen LogP contribution in [0.4, 0.5) is 5.69 Å². The molecule has 1 aromatic heterocycles. The van der Waals surface area contributed by atoms with Gasteiger partial charge in [-0.15, -0.1) is 0 Å². The van der Waals surface area contributed by atoms with Crippen LogP contribution in [-0.4, -0.2) is 24.1 Å². The van der Waals surface area contributed by atoms with Gasteiger partial charge in [0.1, 0.15) is 0 Å². The SMILES string of the molecule is CCn1cc(CCC(C)N)c(N(C)C=O)cc1=O. The first kappa shape index (κ1) is 14.4. The van der Waals surface area contributed by atoms with Crippen molar-refractivity contribution in [1.29, 1.82) is 0 Å². The maximum atomic E-state index is 11.8. The summed E-state index contributed by atoms with van der Waals surface area (Å²) in [6.45, 7) is 4.48. The van der Waals surface area contributed by atoms with Crippen LogP contribution in [0.2, 0.25) is 0 Å². The summed E-state index contributed by atoms with van der Waals surface area (Å²) in [6.07, 6.45) is 4.10. The number of nitrogens with two attached hydrogens (primary N) is 1. The predicted molar refractivity (Wildman–Crippen MR) is 72.8 cm³/mol. The van der Waals surface area contributed by atoms with Crippen LogP contribution in [0.25, 0.3) is 0 Å². The highest BCUT2D eigenvalue weighted by atomic mass is 16.1. The number of carbonyl (C=O) groups is 1. The number of aromatic nitrogens is 1. The van der Waals surface area contributed by atoms with Crippen molar-refractivity contribution in [3.05, 3.63) is 28.2 Å². The molecule has 1 atom stereocenters. The molecule has 1 amide bonds. The highest BCUT2D eigenvalue weighted by Crippen LogP contribution is 2.18. The lowest BCUT2D eigenvalue weighted by Crippen LogP contribution is -2.25. The van der Waals surface area contributed by atoms with Crippen molar-refractivity contribution in [2.24, 2.45) is 5.73 Å². The third kappa shape index (κ3) is 3.43. The second-order valence-corrected chi connectivity index (χ2v) is 4.54. The van der Waals surface area contributed by atoms with E-state index in [9.17, 15) is 9.59 Å². The van der Waals surface area contributed by atoms with Gasteiger partial charge in [0, 0.05) is 31.9 Å². The van der Waals surface area contributed by atoms with Crippen molar-refractivity contribution < 1.29 is 4.79 Å². The molecule has 0 spiro atoms. The number of anilines is 1. The van der Waals surface area contributed by atoms with E-state index < -0.39 is 0 Å². The molecule has 0 fully saturated rings. The summed E-state index contributed by atoms with van der Waals surface area (Å²) in [4.78, 5) is 24.1. The average molecular weight is 251 g/mol. The van der Waals surface area contributed by atoms with Gasteiger partial charge in [0.05, 0.1) is 5.69 Å². The van der Waals surface area contributed by atoms with Crippen LogP contribution in [0.3, 0.4) is 0 Å². The molecule has 0 bridgehead atoms. The molecule has 1 aromatic rings. The molecule has 1 unspecified atom stereocenters. The molecule has 100 valence electrons. The number of rotatable bonds is 6. The smallest absolute Gasteiger partial charge is 0.252 e. The Bertz CT molecular complexity index is 466. The van der Waals surface area contributed by atoms with Crippen molar-refractivity contribution in [2.75, 3.05) is 11.9 Å².